The highest BCUT2D eigenvalue weighted by atomic mass is 35.5. The van der Waals surface area contributed by atoms with Crippen molar-refractivity contribution in [1.29, 1.82) is 0 Å². The lowest BCUT2D eigenvalue weighted by Gasteiger charge is -2.34. The lowest BCUT2D eigenvalue weighted by Crippen LogP contribution is -2.52. The van der Waals surface area contributed by atoms with E-state index in [4.69, 9.17) is 30.5 Å². The molecule has 3 unspecified atom stereocenters. The Hall–Kier alpha value is -1.19. The molecule has 0 heterocycles. The third-order valence-corrected chi connectivity index (χ3v) is 5.44. The van der Waals surface area contributed by atoms with Crippen LogP contribution in [0.3, 0.4) is 0 Å². The van der Waals surface area contributed by atoms with E-state index in [-0.39, 0.29) is 11.1 Å². The molecule has 11 heteroatoms. The number of rotatable bonds is 15. The van der Waals surface area contributed by atoms with E-state index in [1.54, 1.807) is 45.4 Å². The standard InChI is InChI=1S/C19H31ClNO8P/c1-21(2,3)19(24)17(14-18(22)23)29-30(25,26)28-13-7-5-4-6-12-27-16-10-8-15(20)9-11-16/h8-11,17,19,24H,4-7,12-14H2,1-3H3,(H-,22,23,25,26)/p+1. The van der Waals surface area contributed by atoms with Crippen LogP contribution in [0.15, 0.2) is 24.3 Å². The Morgan fingerprint density at radius 2 is 1.67 bits per heavy atom. The van der Waals surface area contributed by atoms with Crippen molar-refractivity contribution in [2.24, 2.45) is 0 Å². The Morgan fingerprint density at radius 1 is 1.10 bits per heavy atom. The van der Waals surface area contributed by atoms with Gasteiger partial charge < -0.3 is 24.3 Å². The molecule has 0 bridgehead atoms. The second-order valence-electron chi connectivity index (χ2n) is 7.79. The van der Waals surface area contributed by atoms with Gasteiger partial charge in [0.1, 0.15) is 5.75 Å². The molecule has 1 aromatic rings. The van der Waals surface area contributed by atoms with Gasteiger partial charge >= 0.3 is 13.8 Å². The molecule has 0 saturated carbocycles. The zero-order valence-corrected chi connectivity index (χ0v) is 19.2. The van der Waals surface area contributed by atoms with Crippen LogP contribution in [0.25, 0.3) is 0 Å². The first-order chi connectivity index (χ1) is 13.9. The molecule has 172 valence electrons. The van der Waals surface area contributed by atoms with E-state index in [0.29, 0.717) is 18.1 Å². The number of aliphatic hydroxyl groups excluding tert-OH is 1. The average Bonchev–Trinajstić information content (AvgIpc) is 2.62. The maximum absolute atomic E-state index is 12.1. The predicted molar refractivity (Wildman–Crippen MR) is 112 cm³/mol. The quantitative estimate of drug-likeness (QED) is 0.155. The fraction of sp³-hybridized carbons (Fsp3) is 0.632. The smallest absolute Gasteiger partial charge is 0.472 e. The number of carbonyl (C=O) groups is 1. The molecule has 9 nitrogen and oxygen atoms in total. The summed E-state index contributed by atoms with van der Waals surface area (Å²) in [7, 11) is 0.339. The molecule has 0 amide bonds. The second kappa shape index (κ2) is 12.6. The summed E-state index contributed by atoms with van der Waals surface area (Å²) < 4.78 is 27.5. The van der Waals surface area contributed by atoms with Gasteiger partial charge in [-0.15, -0.1) is 0 Å². The van der Waals surface area contributed by atoms with Crippen LogP contribution < -0.4 is 4.74 Å². The average molecular weight is 469 g/mol. The number of carboxylic acids is 1. The Morgan fingerprint density at radius 3 is 2.20 bits per heavy atom. The minimum absolute atomic E-state index is 0.0217. The molecule has 0 spiro atoms. The van der Waals surface area contributed by atoms with Crippen LogP contribution in [0.1, 0.15) is 32.1 Å². The number of ether oxygens (including phenoxy) is 1. The first-order valence-electron chi connectivity index (χ1n) is 9.66. The zero-order valence-electron chi connectivity index (χ0n) is 17.6. The monoisotopic (exact) mass is 468 g/mol. The van der Waals surface area contributed by atoms with Gasteiger partial charge in [0.15, 0.2) is 6.10 Å². The van der Waals surface area contributed by atoms with E-state index >= 15 is 0 Å². The summed E-state index contributed by atoms with van der Waals surface area (Å²) in [6.07, 6.45) is -0.394. The number of phosphoric ester groups is 1. The van der Waals surface area contributed by atoms with Crippen LogP contribution in [0.2, 0.25) is 5.02 Å². The molecule has 1 rings (SSSR count). The van der Waals surface area contributed by atoms with Crippen molar-refractivity contribution in [3.05, 3.63) is 29.3 Å². The molecule has 3 atom stereocenters. The number of phosphoric acid groups is 1. The summed E-state index contributed by atoms with van der Waals surface area (Å²) in [6.45, 7) is 0.524. The van der Waals surface area contributed by atoms with Crippen LogP contribution in [0.5, 0.6) is 5.75 Å². The Bertz CT molecular complexity index is 695. The van der Waals surface area contributed by atoms with Gasteiger partial charge in [0.05, 0.1) is 40.8 Å². The number of hydrogen-bond acceptors (Lipinski definition) is 6. The highest BCUT2D eigenvalue weighted by Gasteiger charge is 2.39. The van der Waals surface area contributed by atoms with Crippen LogP contribution >= 0.6 is 19.4 Å². The molecular weight excluding hydrogens is 437 g/mol. The van der Waals surface area contributed by atoms with Crippen molar-refractivity contribution in [1.82, 2.24) is 0 Å². The second-order valence-corrected chi connectivity index (χ2v) is 9.63. The highest BCUT2D eigenvalue weighted by molar-refractivity contribution is 7.47. The largest absolute Gasteiger partial charge is 0.494 e. The summed E-state index contributed by atoms with van der Waals surface area (Å²) in [6, 6.07) is 7.10. The van der Waals surface area contributed by atoms with Gasteiger partial charge in [-0.3, -0.25) is 13.8 Å². The number of aliphatic carboxylic acids is 1. The molecule has 30 heavy (non-hydrogen) atoms. The van der Waals surface area contributed by atoms with Crippen LogP contribution in [-0.2, 0) is 18.4 Å². The van der Waals surface area contributed by atoms with E-state index < -0.39 is 32.5 Å². The van der Waals surface area contributed by atoms with E-state index in [1.807, 2.05) is 0 Å². The first-order valence-corrected chi connectivity index (χ1v) is 11.5. The summed E-state index contributed by atoms with van der Waals surface area (Å²) in [5.41, 5.74) is 0. The number of quaternary nitrogens is 1. The third kappa shape index (κ3) is 11.3. The molecule has 0 saturated heterocycles. The fourth-order valence-electron chi connectivity index (χ4n) is 2.53. The van der Waals surface area contributed by atoms with Gasteiger partial charge in [-0.05, 0) is 43.5 Å². The van der Waals surface area contributed by atoms with Gasteiger partial charge in [0.25, 0.3) is 0 Å². The molecule has 0 radical (unpaired) electrons. The molecular formula is C19H32ClNO8P+. The number of aliphatic hydroxyl groups is 1. The Kier molecular flexibility index (Phi) is 11.3. The van der Waals surface area contributed by atoms with Gasteiger partial charge in [0, 0.05) is 5.02 Å². The van der Waals surface area contributed by atoms with Crippen molar-refractivity contribution in [3.63, 3.8) is 0 Å². The molecule has 0 aliphatic heterocycles. The molecule has 0 aliphatic carbocycles. The SMILES string of the molecule is C[N+](C)(C)C(O)C(CC(=O)O)OP(=O)(O)OCCCCCCOc1ccc(Cl)cc1. The van der Waals surface area contributed by atoms with Crippen molar-refractivity contribution in [2.45, 2.75) is 44.4 Å². The van der Waals surface area contributed by atoms with Gasteiger partial charge in [-0.2, -0.15) is 0 Å². The number of unbranched alkanes of at least 4 members (excludes halogenated alkanes) is 3. The van der Waals surface area contributed by atoms with E-state index in [1.165, 1.54) is 0 Å². The normalized spacial score (nSPS) is 15.9. The number of halogens is 1. The van der Waals surface area contributed by atoms with Crippen molar-refractivity contribution in [3.8, 4) is 5.75 Å². The molecule has 0 aliphatic rings. The number of benzene rings is 1. The first kappa shape index (κ1) is 26.8. The Labute approximate surface area is 182 Å². The van der Waals surface area contributed by atoms with Crippen molar-refractivity contribution < 1.29 is 42.7 Å². The number of hydrogen-bond donors (Lipinski definition) is 3. The predicted octanol–water partition coefficient (Wildman–Crippen LogP) is 3.28. The molecule has 0 fully saturated rings. The summed E-state index contributed by atoms with van der Waals surface area (Å²) in [4.78, 5) is 20.9. The maximum atomic E-state index is 12.1. The number of carboxylic acid groups (broad SMARTS) is 1. The minimum Gasteiger partial charge on any atom is -0.494 e. The number of likely N-dealkylation sites (N-methyl/N-ethyl adjacent to an activating group) is 1. The van der Waals surface area contributed by atoms with E-state index in [2.05, 4.69) is 0 Å². The van der Waals surface area contributed by atoms with Crippen LogP contribution in [-0.4, -0.2) is 72.2 Å². The summed E-state index contributed by atoms with van der Waals surface area (Å²) in [5, 5.41) is 19.8. The van der Waals surface area contributed by atoms with Gasteiger partial charge in [-0.25, -0.2) is 4.57 Å². The van der Waals surface area contributed by atoms with Crippen molar-refractivity contribution in [2.75, 3.05) is 34.4 Å². The van der Waals surface area contributed by atoms with E-state index in [0.717, 1.165) is 25.0 Å². The Balaban J connectivity index is 2.28. The van der Waals surface area contributed by atoms with Gasteiger partial charge in [-0.1, -0.05) is 18.0 Å². The third-order valence-electron chi connectivity index (χ3n) is 4.15. The number of nitrogens with zero attached hydrogens (tertiary/aromatic N) is 1. The molecule has 0 aromatic heterocycles. The van der Waals surface area contributed by atoms with E-state index in [9.17, 15) is 19.4 Å². The zero-order chi connectivity index (χ0) is 22.8. The minimum atomic E-state index is -4.50. The lowest BCUT2D eigenvalue weighted by molar-refractivity contribution is -0.922. The fourth-order valence-corrected chi connectivity index (χ4v) is 3.60. The molecule has 3 N–H and O–H groups in total. The summed E-state index contributed by atoms with van der Waals surface area (Å²) in [5.74, 6) is -0.513. The molecule has 1 aromatic carbocycles. The summed E-state index contributed by atoms with van der Waals surface area (Å²) >= 11 is 5.81. The van der Waals surface area contributed by atoms with Crippen LogP contribution in [0.4, 0.5) is 0 Å². The van der Waals surface area contributed by atoms with Gasteiger partial charge in [0.2, 0.25) is 6.23 Å². The van der Waals surface area contributed by atoms with Crippen LogP contribution in [0, 0.1) is 0 Å². The maximum Gasteiger partial charge on any atom is 0.472 e. The van der Waals surface area contributed by atoms with Crippen molar-refractivity contribution >= 4 is 25.4 Å². The topological polar surface area (TPSA) is 123 Å². The lowest BCUT2D eigenvalue weighted by atomic mass is 10.2. The highest BCUT2D eigenvalue weighted by Crippen LogP contribution is 2.46.